The van der Waals surface area contributed by atoms with Crippen LogP contribution >= 0.6 is 0 Å². The van der Waals surface area contributed by atoms with Gasteiger partial charge in [0.15, 0.2) is 0 Å². The van der Waals surface area contributed by atoms with Gasteiger partial charge >= 0.3 is 0 Å². The standard InChI is InChI=1S/C28H27N5/c29-13-17-1-7-27-23(9-17)25(15-31-27)19-3-5-21(11-19)33-22-6-4-20(12-22)26-16-32-28-8-2-18(14-30)10-24(26)28/h1-2,7-10,15-16,19-22,31-33H,3-6,11-12H2. The first-order chi connectivity index (χ1) is 16.2. The molecule has 0 aliphatic heterocycles. The van der Waals surface area contributed by atoms with Crippen molar-refractivity contribution in [2.75, 3.05) is 0 Å². The largest absolute Gasteiger partial charge is 0.361 e. The molecule has 2 aromatic carbocycles. The molecule has 2 aromatic heterocycles. The van der Waals surface area contributed by atoms with Crippen LogP contribution in [0.5, 0.6) is 0 Å². The number of fused-ring (bicyclic) bond motifs is 2. The Labute approximate surface area is 193 Å². The van der Waals surface area contributed by atoms with Crippen LogP contribution in [-0.2, 0) is 0 Å². The van der Waals surface area contributed by atoms with Crippen LogP contribution in [0.2, 0.25) is 0 Å². The number of nitrogens with zero attached hydrogens (tertiary/aromatic N) is 2. The zero-order valence-electron chi connectivity index (χ0n) is 18.6. The molecule has 5 nitrogen and oxygen atoms in total. The molecule has 33 heavy (non-hydrogen) atoms. The van der Waals surface area contributed by atoms with Crippen molar-refractivity contribution in [3.8, 4) is 12.1 Å². The first kappa shape index (κ1) is 20.1. The lowest BCUT2D eigenvalue weighted by Crippen LogP contribution is -2.35. The smallest absolute Gasteiger partial charge is 0.0991 e. The summed E-state index contributed by atoms with van der Waals surface area (Å²) >= 11 is 0. The quantitative estimate of drug-likeness (QED) is 0.371. The average molecular weight is 434 g/mol. The normalized spacial score (nSPS) is 24.9. The van der Waals surface area contributed by atoms with Crippen LogP contribution < -0.4 is 5.32 Å². The van der Waals surface area contributed by atoms with Gasteiger partial charge < -0.3 is 15.3 Å². The number of rotatable bonds is 4. The van der Waals surface area contributed by atoms with Crippen LogP contribution in [0.15, 0.2) is 48.8 Å². The topological polar surface area (TPSA) is 91.2 Å². The molecule has 2 heterocycles. The van der Waals surface area contributed by atoms with Crippen molar-refractivity contribution in [2.24, 2.45) is 0 Å². The molecule has 2 aliphatic carbocycles. The van der Waals surface area contributed by atoms with Gasteiger partial charge in [0.1, 0.15) is 0 Å². The molecule has 0 radical (unpaired) electrons. The molecule has 2 saturated carbocycles. The number of nitriles is 2. The summed E-state index contributed by atoms with van der Waals surface area (Å²) in [6, 6.07) is 17.5. The highest BCUT2D eigenvalue weighted by atomic mass is 15.0. The number of H-pyrrole nitrogens is 2. The summed E-state index contributed by atoms with van der Waals surface area (Å²) in [5.41, 5.74) is 6.43. The van der Waals surface area contributed by atoms with Crippen LogP contribution in [0.1, 0.15) is 72.6 Å². The molecule has 0 saturated heterocycles. The summed E-state index contributed by atoms with van der Waals surface area (Å²) in [7, 11) is 0. The van der Waals surface area contributed by atoms with E-state index in [0.717, 1.165) is 35.0 Å². The van der Waals surface area contributed by atoms with E-state index in [4.69, 9.17) is 0 Å². The summed E-state index contributed by atoms with van der Waals surface area (Å²) in [4.78, 5) is 6.79. The van der Waals surface area contributed by atoms with E-state index < -0.39 is 0 Å². The van der Waals surface area contributed by atoms with Gasteiger partial charge in [0.05, 0.1) is 23.3 Å². The number of aromatic nitrogens is 2. The molecule has 3 N–H and O–H groups in total. The third-order valence-corrected chi connectivity index (χ3v) is 7.90. The fourth-order valence-corrected chi connectivity index (χ4v) is 6.26. The Bertz CT molecular complexity index is 1300. The highest BCUT2D eigenvalue weighted by Crippen LogP contribution is 2.41. The first-order valence-corrected chi connectivity index (χ1v) is 12.0. The maximum Gasteiger partial charge on any atom is 0.0991 e. The van der Waals surface area contributed by atoms with Crippen molar-refractivity contribution in [1.82, 2.24) is 15.3 Å². The molecule has 0 amide bonds. The van der Waals surface area contributed by atoms with Crippen LogP contribution in [0.4, 0.5) is 0 Å². The monoisotopic (exact) mass is 433 g/mol. The first-order valence-electron chi connectivity index (χ1n) is 12.0. The lowest BCUT2D eigenvalue weighted by Gasteiger charge is -2.19. The summed E-state index contributed by atoms with van der Waals surface area (Å²) in [6.45, 7) is 0. The van der Waals surface area contributed by atoms with Gasteiger partial charge in [-0.15, -0.1) is 0 Å². The molecule has 0 bridgehead atoms. The van der Waals surface area contributed by atoms with Gasteiger partial charge in [0.2, 0.25) is 0 Å². The van der Waals surface area contributed by atoms with Gasteiger partial charge in [0, 0.05) is 46.3 Å². The Hall–Kier alpha value is -3.54. The molecule has 6 rings (SSSR count). The van der Waals surface area contributed by atoms with Crippen LogP contribution in [0.3, 0.4) is 0 Å². The Balaban J connectivity index is 1.13. The van der Waals surface area contributed by atoms with Gasteiger partial charge in [-0.2, -0.15) is 10.5 Å². The summed E-state index contributed by atoms with van der Waals surface area (Å²) in [6.07, 6.45) is 11.4. The fraction of sp³-hybridized carbons (Fsp3) is 0.357. The Morgan fingerprint density at radius 3 is 1.64 bits per heavy atom. The zero-order chi connectivity index (χ0) is 22.4. The summed E-state index contributed by atoms with van der Waals surface area (Å²) in [5, 5.41) is 24.9. The van der Waals surface area contributed by atoms with Gasteiger partial charge in [0.25, 0.3) is 0 Å². The predicted molar refractivity (Wildman–Crippen MR) is 130 cm³/mol. The molecule has 4 unspecified atom stereocenters. The number of nitrogens with one attached hydrogen (secondary N) is 3. The SMILES string of the molecule is N#Cc1ccc2[nH]cc(C3CCC(NC4CCC(c5c[nH]c6ccc(C#N)cc56)C4)C3)c2c1. The number of aromatic amines is 2. The van der Waals surface area contributed by atoms with E-state index in [1.54, 1.807) is 0 Å². The second-order valence-electron chi connectivity index (χ2n) is 9.81. The fourth-order valence-electron chi connectivity index (χ4n) is 6.26. The van der Waals surface area contributed by atoms with E-state index in [1.807, 2.05) is 36.4 Å². The molecule has 0 spiro atoms. The number of hydrogen-bond acceptors (Lipinski definition) is 3. The zero-order valence-corrected chi connectivity index (χ0v) is 18.6. The lowest BCUT2D eigenvalue weighted by molar-refractivity contribution is 0.429. The van der Waals surface area contributed by atoms with E-state index in [1.165, 1.54) is 47.6 Å². The third-order valence-electron chi connectivity index (χ3n) is 7.90. The summed E-state index contributed by atoms with van der Waals surface area (Å²) < 4.78 is 0. The highest BCUT2D eigenvalue weighted by Gasteiger charge is 2.33. The molecule has 164 valence electrons. The van der Waals surface area contributed by atoms with E-state index in [0.29, 0.717) is 23.9 Å². The highest BCUT2D eigenvalue weighted by molar-refractivity contribution is 5.86. The van der Waals surface area contributed by atoms with Crippen molar-refractivity contribution in [3.05, 3.63) is 71.0 Å². The van der Waals surface area contributed by atoms with Gasteiger partial charge in [-0.05, 0) is 97.9 Å². The third kappa shape index (κ3) is 3.59. The molecule has 4 aromatic rings. The van der Waals surface area contributed by atoms with Crippen molar-refractivity contribution in [3.63, 3.8) is 0 Å². The van der Waals surface area contributed by atoms with Gasteiger partial charge in [-0.1, -0.05) is 0 Å². The van der Waals surface area contributed by atoms with E-state index in [-0.39, 0.29) is 0 Å². The van der Waals surface area contributed by atoms with E-state index in [2.05, 4.69) is 39.8 Å². The lowest BCUT2D eigenvalue weighted by atomic mass is 9.95. The van der Waals surface area contributed by atoms with Crippen molar-refractivity contribution < 1.29 is 0 Å². The second-order valence-corrected chi connectivity index (χ2v) is 9.81. The van der Waals surface area contributed by atoms with Crippen LogP contribution in [0.25, 0.3) is 21.8 Å². The Morgan fingerprint density at radius 2 is 1.18 bits per heavy atom. The van der Waals surface area contributed by atoms with Gasteiger partial charge in [-0.3, -0.25) is 0 Å². The molecule has 2 aliphatic rings. The molecule has 5 heteroatoms. The van der Waals surface area contributed by atoms with E-state index >= 15 is 0 Å². The minimum absolute atomic E-state index is 0.542. The Morgan fingerprint density at radius 1 is 0.697 bits per heavy atom. The maximum atomic E-state index is 9.28. The number of benzene rings is 2. The predicted octanol–water partition coefficient (Wildman–Crippen LogP) is 5.95. The Kier molecular flexibility index (Phi) is 4.93. The molecule has 4 atom stereocenters. The average Bonchev–Trinajstić information content (AvgIpc) is 3.64. The van der Waals surface area contributed by atoms with Crippen LogP contribution in [-0.4, -0.2) is 22.1 Å². The molecule has 2 fully saturated rings. The van der Waals surface area contributed by atoms with Crippen molar-refractivity contribution in [1.29, 1.82) is 10.5 Å². The minimum Gasteiger partial charge on any atom is -0.361 e. The molecular formula is C28H27N5. The van der Waals surface area contributed by atoms with Crippen molar-refractivity contribution >= 4 is 21.8 Å². The van der Waals surface area contributed by atoms with E-state index in [9.17, 15) is 10.5 Å². The second kappa shape index (κ2) is 8.10. The summed E-state index contributed by atoms with van der Waals surface area (Å²) in [5.74, 6) is 1.08. The maximum absolute atomic E-state index is 9.28. The molecular weight excluding hydrogens is 406 g/mol. The van der Waals surface area contributed by atoms with Crippen molar-refractivity contribution in [2.45, 2.75) is 62.4 Å². The van der Waals surface area contributed by atoms with Crippen LogP contribution in [0, 0.1) is 22.7 Å². The van der Waals surface area contributed by atoms with Gasteiger partial charge in [-0.25, -0.2) is 0 Å². The minimum atomic E-state index is 0.542. The number of hydrogen-bond donors (Lipinski definition) is 3.